The van der Waals surface area contributed by atoms with E-state index >= 15 is 0 Å². The van der Waals surface area contributed by atoms with Gasteiger partial charge < -0.3 is 9.64 Å². The maximum Gasteiger partial charge on any atom is 0.348 e. The first-order valence-corrected chi connectivity index (χ1v) is 14.0. The molecule has 0 aliphatic carbocycles. The van der Waals surface area contributed by atoms with Crippen molar-refractivity contribution in [2.45, 2.75) is 13.0 Å². The lowest BCUT2D eigenvalue weighted by atomic mass is 9.96. The number of anilines is 1. The fourth-order valence-electron chi connectivity index (χ4n) is 5.43. The van der Waals surface area contributed by atoms with Crippen LogP contribution in [-0.4, -0.2) is 54.1 Å². The van der Waals surface area contributed by atoms with Gasteiger partial charge >= 0.3 is 5.97 Å². The van der Waals surface area contributed by atoms with Gasteiger partial charge in [0.2, 0.25) is 0 Å². The number of aryl methyl sites for hydroxylation is 1. The molecule has 0 atom stereocenters. The molecule has 0 N–H and O–H groups in total. The number of benzene rings is 3. The standard InChI is InChI=1S/C32H30N4O2S/c1-22-26-30(33-29(25-16-10-5-11-17-25)34-31(26)39-28(22)32(37)38-2)36-20-18-35(19-21-36)27(23-12-6-3-7-13-23)24-14-8-4-9-15-24/h3-17,27H,18-21H2,1-2H3. The minimum atomic E-state index is -0.332. The number of rotatable bonds is 6. The molecule has 0 spiro atoms. The number of thiophene rings is 1. The van der Waals surface area contributed by atoms with E-state index in [1.807, 2.05) is 37.3 Å². The van der Waals surface area contributed by atoms with E-state index in [9.17, 15) is 4.79 Å². The summed E-state index contributed by atoms with van der Waals surface area (Å²) in [4.78, 5) is 28.8. The molecule has 39 heavy (non-hydrogen) atoms. The highest BCUT2D eigenvalue weighted by atomic mass is 32.1. The van der Waals surface area contributed by atoms with Crippen molar-refractivity contribution in [3.05, 3.63) is 113 Å². The van der Waals surface area contributed by atoms with Crippen molar-refractivity contribution in [3.8, 4) is 11.4 Å². The number of fused-ring (bicyclic) bond motifs is 1. The first kappa shape index (κ1) is 25.2. The van der Waals surface area contributed by atoms with Crippen molar-refractivity contribution >= 4 is 33.3 Å². The summed E-state index contributed by atoms with van der Waals surface area (Å²) < 4.78 is 5.07. The summed E-state index contributed by atoms with van der Waals surface area (Å²) in [5.41, 5.74) is 4.43. The smallest absolute Gasteiger partial charge is 0.348 e. The fraction of sp³-hybridized carbons (Fsp3) is 0.219. The number of hydrogen-bond donors (Lipinski definition) is 0. The number of hydrogen-bond acceptors (Lipinski definition) is 7. The normalized spacial score (nSPS) is 14.2. The van der Waals surface area contributed by atoms with Crippen molar-refractivity contribution in [2.24, 2.45) is 0 Å². The molecule has 1 saturated heterocycles. The van der Waals surface area contributed by atoms with Crippen molar-refractivity contribution in [1.29, 1.82) is 0 Å². The molecule has 3 aromatic carbocycles. The first-order valence-electron chi connectivity index (χ1n) is 13.2. The SMILES string of the molecule is COC(=O)c1sc2nc(-c3ccccc3)nc(N3CCN(C(c4ccccc4)c4ccccc4)CC3)c2c1C. The quantitative estimate of drug-likeness (QED) is 0.236. The van der Waals surface area contributed by atoms with E-state index in [1.165, 1.54) is 29.6 Å². The Kier molecular flexibility index (Phi) is 7.09. The number of nitrogens with zero attached hydrogens (tertiary/aromatic N) is 4. The number of piperazine rings is 1. The first-order chi connectivity index (χ1) is 19.1. The van der Waals surface area contributed by atoms with Crippen LogP contribution in [-0.2, 0) is 4.74 Å². The van der Waals surface area contributed by atoms with Crippen molar-refractivity contribution < 1.29 is 9.53 Å². The maximum absolute atomic E-state index is 12.6. The van der Waals surface area contributed by atoms with Gasteiger partial charge in [0.1, 0.15) is 15.5 Å². The molecule has 0 unspecified atom stereocenters. The zero-order valence-electron chi connectivity index (χ0n) is 22.1. The molecular formula is C32H30N4O2S. The van der Waals surface area contributed by atoms with Crippen LogP contribution in [0.25, 0.3) is 21.6 Å². The molecule has 196 valence electrons. The van der Waals surface area contributed by atoms with Crippen LogP contribution >= 0.6 is 11.3 Å². The molecule has 1 aliphatic rings. The van der Waals surface area contributed by atoms with Gasteiger partial charge in [-0.2, -0.15) is 0 Å². The Morgan fingerprint density at radius 3 is 1.95 bits per heavy atom. The van der Waals surface area contributed by atoms with Gasteiger partial charge in [-0.05, 0) is 23.6 Å². The van der Waals surface area contributed by atoms with Crippen LogP contribution in [0.5, 0.6) is 0 Å². The van der Waals surface area contributed by atoms with E-state index in [0.29, 0.717) is 10.7 Å². The highest BCUT2D eigenvalue weighted by molar-refractivity contribution is 7.20. The molecule has 1 aliphatic heterocycles. The lowest BCUT2D eigenvalue weighted by molar-refractivity contribution is 0.0605. The largest absolute Gasteiger partial charge is 0.465 e. The lowest BCUT2D eigenvalue weighted by Crippen LogP contribution is -2.48. The van der Waals surface area contributed by atoms with Crippen molar-refractivity contribution in [1.82, 2.24) is 14.9 Å². The molecule has 0 amide bonds. The van der Waals surface area contributed by atoms with Gasteiger partial charge in [-0.25, -0.2) is 14.8 Å². The average Bonchev–Trinajstić information content (AvgIpc) is 3.34. The molecule has 6 nitrogen and oxygen atoms in total. The number of ether oxygens (including phenoxy) is 1. The van der Waals surface area contributed by atoms with E-state index < -0.39 is 0 Å². The average molecular weight is 535 g/mol. The van der Waals surface area contributed by atoms with Crippen LogP contribution in [0.3, 0.4) is 0 Å². The summed E-state index contributed by atoms with van der Waals surface area (Å²) in [6.07, 6.45) is 0. The Labute approximate surface area is 232 Å². The maximum atomic E-state index is 12.6. The zero-order valence-corrected chi connectivity index (χ0v) is 22.9. The highest BCUT2D eigenvalue weighted by Crippen LogP contribution is 2.38. The van der Waals surface area contributed by atoms with Crippen LogP contribution < -0.4 is 4.90 Å². The molecule has 6 rings (SSSR count). The summed E-state index contributed by atoms with van der Waals surface area (Å²) >= 11 is 1.38. The van der Waals surface area contributed by atoms with Crippen LogP contribution in [0.2, 0.25) is 0 Å². The number of aromatic nitrogens is 2. The summed E-state index contributed by atoms with van der Waals surface area (Å²) in [6, 6.07) is 31.7. The van der Waals surface area contributed by atoms with Gasteiger partial charge in [-0.3, -0.25) is 4.90 Å². The third-order valence-corrected chi connectivity index (χ3v) is 8.55. The predicted octanol–water partition coefficient (Wildman–Crippen LogP) is 6.36. The summed E-state index contributed by atoms with van der Waals surface area (Å²) in [6.45, 7) is 5.37. The Morgan fingerprint density at radius 1 is 0.821 bits per heavy atom. The van der Waals surface area contributed by atoms with Crippen LogP contribution in [0.15, 0.2) is 91.0 Å². The van der Waals surface area contributed by atoms with Crippen LogP contribution in [0.1, 0.15) is 32.4 Å². The lowest BCUT2D eigenvalue weighted by Gasteiger charge is -2.40. The van der Waals surface area contributed by atoms with Crippen molar-refractivity contribution in [3.63, 3.8) is 0 Å². The minimum absolute atomic E-state index is 0.189. The second-order valence-corrected chi connectivity index (χ2v) is 10.7. The molecule has 3 heterocycles. The van der Waals surface area contributed by atoms with Gasteiger partial charge in [0.25, 0.3) is 0 Å². The molecule has 1 fully saturated rings. The third-order valence-electron chi connectivity index (χ3n) is 7.38. The predicted molar refractivity (Wildman–Crippen MR) is 157 cm³/mol. The monoisotopic (exact) mass is 534 g/mol. The Bertz CT molecular complexity index is 1540. The number of esters is 1. The van der Waals surface area contributed by atoms with Gasteiger partial charge in [-0.15, -0.1) is 11.3 Å². The highest BCUT2D eigenvalue weighted by Gasteiger charge is 2.29. The van der Waals surface area contributed by atoms with Gasteiger partial charge in [0, 0.05) is 31.7 Å². The number of carbonyl (C=O) groups excluding carboxylic acids is 1. The molecule has 5 aromatic rings. The van der Waals surface area contributed by atoms with E-state index in [1.54, 1.807) is 0 Å². The fourth-order valence-corrected chi connectivity index (χ4v) is 6.52. The molecule has 0 saturated carbocycles. The Hall–Kier alpha value is -4.07. The summed E-state index contributed by atoms with van der Waals surface area (Å²) in [5, 5.41) is 0.941. The van der Waals surface area contributed by atoms with Crippen molar-refractivity contribution in [2.75, 3.05) is 38.2 Å². The molecule has 0 radical (unpaired) electrons. The molecule has 7 heteroatoms. The summed E-state index contributed by atoms with van der Waals surface area (Å²) in [5.74, 6) is 1.23. The number of methoxy groups -OCH3 is 1. The minimum Gasteiger partial charge on any atom is -0.465 e. The van der Waals surface area contributed by atoms with E-state index in [0.717, 1.165) is 53.3 Å². The van der Waals surface area contributed by atoms with Crippen LogP contribution in [0.4, 0.5) is 5.82 Å². The molecular weight excluding hydrogens is 504 g/mol. The summed E-state index contributed by atoms with van der Waals surface area (Å²) in [7, 11) is 1.42. The molecule has 0 bridgehead atoms. The third kappa shape index (κ3) is 4.91. The van der Waals surface area contributed by atoms with Gasteiger partial charge in [0.15, 0.2) is 5.82 Å². The number of carbonyl (C=O) groups is 1. The Balaban J connectivity index is 1.36. The van der Waals surface area contributed by atoms with E-state index in [4.69, 9.17) is 14.7 Å². The van der Waals surface area contributed by atoms with E-state index in [2.05, 4.69) is 70.5 Å². The van der Waals surface area contributed by atoms with E-state index in [-0.39, 0.29) is 12.0 Å². The topological polar surface area (TPSA) is 58.6 Å². The second-order valence-electron chi connectivity index (χ2n) is 9.71. The molecule has 2 aromatic heterocycles. The van der Waals surface area contributed by atoms with Gasteiger partial charge in [0.05, 0.1) is 18.5 Å². The van der Waals surface area contributed by atoms with Crippen LogP contribution in [0, 0.1) is 6.92 Å². The van der Waals surface area contributed by atoms with Gasteiger partial charge in [-0.1, -0.05) is 91.0 Å². The second kappa shape index (κ2) is 11.0. The Morgan fingerprint density at radius 2 is 1.38 bits per heavy atom. The zero-order chi connectivity index (χ0) is 26.8.